The van der Waals surface area contributed by atoms with Crippen LogP contribution in [0.1, 0.15) is 12.0 Å². The van der Waals surface area contributed by atoms with E-state index < -0.39 is 11.7 Å². The highest BCUT2D eigenvalue weighted by atomic mass is 19.4. The van der Waals surface area contributed by atoms with Crippen molar-refractivity contribution in [1.29, 1.82) is 0 Å². The third-order valence-corrected chi connectivity index (χ3v) is 5.30. The Morgan fingerprint density at radius 1 is 1.03 bits per heavy atom. The van der Waals surface area contributed by atoms with Crippen LogP contribution in [0.4, 0.5) is 24.7 Å². The molecule has 0 atom stereocenters. The van der Waals surface area contributed by atoms with Crippen LogP contribution in [-0.2, 0) is 11.0 Å². The first-order chi connectivity index (χ1) is 15.7. The van der Waals surface area contributed by atoms with Gasteiger partial charge in [0.05, 0.1) is 33.4 Å². The minimum absolute atomic E-state index is 0.172. The largest absolute Gasteiger partial charge is 0.493 e. The van der Waals surface area contributed by atoms with Gasteiger partial charge in [0.15, 0.2) is 11.5 Å². The number of hydrogen-bond acceptors (Lipinski definition) is 7. The number of halogens is 3. The van der Waals surface area contributed by atoms with Crippen LogP contribution >= 0.6 is 0 Å². The molecular formula is C22H27F3N4O4. The van der Waals surface area contributed by atoms with Crippen LogP contribution < -0.4 is 24.4 Å². The van der Waals surface area contributed by atoms with Crippen molar-refractivity contribution < 1.29 is 32.2 Å². The molecule has 0 spiro atoms. The Morgan fingerprint density at radius 2 is 1.73 bits per heavy atom. The number of nitrogens with one attached hydrogen (secondary N) is 1. The van der Waals surface area contributed by atoms with Gasteiger partial charge in [-0.1, -0.05) is 0 Å². The van der Waals surface area contributed by atoms with Gasteiger partial charge in [-0.3, -0.25) is 9.69 Å². The molecule has 1 aliphatic heterocycles. The minimum atomic E-state index is -4.41. The summed E-state index contributed by atoms with van der Waals surface area (Å²) in [4.78, 5) is 20.5. The molecular weight excluding hydrogens is 441 g/mol. The van der Waals surface area contributed by atoms with E-state index in [2.05, 4.69) is 10.3 Å². The molecule has 0 bridgehead atoms. The molecule has 1 aliphatic rings. The number of benzene rings is 1. The van der Waals surface area contributed by atoms with Crippen LogP contribution in [0.3, 0.4) is 0 Å². The predicted octanol–water partition coefficient (Wildman–Crippen LogP) is 3.28. The summed E-state index contributed by atoms with van der Waals surface area (Å²) < 4.78 is 54.2. The molecule has 0 radical (unpaired) electrons. The molecule has 0 saturated carbocycles. The normalized spacial score (nSPS) is 15.0. The molecule has 1 aromatic heterocycles. The lowest BCUT2D eigenvalue weighted by Gasteiger charge is -2.23. The molecule has 0 unspecified atom stereocenters. The Kier molecular flexibility index (Phi) is 7.85. The van der Waals surface area contributed by atoms with Crippen molar-refractivity contribution in [2.75, 3.05) is 64.3 Å². The highest BCUT2D eigenvalue weighted by Gasteiger charge is 2.31. The fourth-order valence-electron chi connectivity index (χ4n) is 3.66. The number of pyridine rings is 1. The van der Waals surface area contributed by atoms with Crippen LogP contribution in [0.25, 0.3) is 0 Å². The van der Waals surface area contributed by atoms with Gasteiger partial charge in [0, 0.05) is 50.2 Å². The Balaban J connectivity index is 1.59. The number of carbonyl (C=O) groups is 1. The maximum atomic E-state index is 12.8. The zero-order chi connectivity index (χ0) is 24.0. The van der Waals surface area contributed by atoms with E-state index in [0.717, 1.165) is 18.7 Å². The summed E-state index contributed by atoms with van der Waals surface area (Å²) in [7, 11) is 4.50. The fraction of sp³-hybridized carbons (Fsp3) is 0.455. The number of amides is 1. The lowest BCUT2D eigenvalue weighted by molar-refractivity contribution is -0.137. The minimum Gasteiger partial charge on any atom is -0.493 e. The van der Waals surface area contributed by atoms with Crippen LogP contribution in [0.15, 0.2) is 30.5 Å². The van der Waals surface area contributed by atoms with Crippen LogP contribution in [0.2, 0.25) is 0 Å². The molecule has 1 amide bonds. The summed E-state index contributed by atoms with van der Waals surface area (Å²) in [5.41, 5.74) is -0.258. The van der Waals surface area contributed by atoms with E-state index in [1.165, 1.54) is 27.4 Å². The van der Waals surface area contributed by atoms with Crippen molar-refractivity contribution in [2.45, 2.75) is 12.6 Å². The molecule has 3 rings (SSSR count). The standard InChI is InChI=1S/C22H27F3N4O4/c1-31-17-11-16(12-18(32-2)21(17)33-3)27-20(30)14-28-7-4-8-29(10-9-28)19-6-5-15(13-26-19)22(23,24)25/h5-6,11-13H,4,7-10,14H2,1-3H3,(H,27,30). The molecule has 1 saturated heterocycles. The Morgan fingerprint density at radius 3 is 2.27 bits per heavy atom. The van der Waals surface area contributed by atoms with Gasteiger partial charge in [-0.05, 0) is 18.6 Å². The second-order valence-electron chi connectivity index (χ2n) is 7.48. The van der Waals surface area contributed by atoms with Crippen molar-refractivity contribution in [3.63, 3.8) is 0 Å². The molecule has 1 N–H and O–H groups in total. The number of ether oxygens (including phenoxy) is 3. The highest BCUT2D eigenvalue weighted by Crippen LogP contribution is 2.40. The average Bonchev–Trinajstić information content (AvgIpc) is 3.03. The van der Waals surface area contributed by atoms with E-state index in [1.807, 2.05) is 9.80 Å². The van der Waals surface area contributed by atoms with Crippen LogP contribution in [0, 0.1) is 0 Å². The second-order valence-corrected chi connectivity index (χ2v) is 7.48. The number of nitrogens with zero attached hydrogens (tertiary/aromatic N) is 3. The topological polar surface area (TPSA) is 76.2 Å². The number of methoxy groups -OCH3 is 3. The molecule has 180 valence electrons. The summed E-state index contributed by atoms with van der Waals surface area (Å²) in [5, 5.41) is 2.84. The van der Waals surface area contributed by atoms with Crippen molar-refractivity contribution in [3.8, 4) is 17.2 Å². The SMILES string of the molecule is COc1cc(NC(=O)CN2CCCN(c3ccc(C(F)(F)F)cn3)CC2)cc(OC)c1OC. The average molecular weight is 468 g/mol. The van der Waals surface area contributed by atoms with E-state index in [-0.39, 0.29) is 12.5 Å². The first-order valence-corrected chi connectivity index (χ1v) is 10.4. The van der Waals surface area contributed by atoms with Crippen molar-refractivity contribution in [1.82, 2.24) is 9.88 Å². The molecule has 8 nitrogen and oxygen atoms in total. The fourth-order valence-corrected chi connectivity index (χ4v) is 3.66. The van der Waals surface area contributed by atoms with Gasteiger partial charge in [0.2, 0.25) is 11.7 Å². The third-order valence-electron chi connectivity index (χ3n) is 5.30. The Labute approximate surface area is 190 Å². The van der Waals surface area contributed by atoms with E-state index in [9.17, 15) is 18.0 Å². The molecule has 1 aromatic carbocycles. The summed E-state index contributed by atoms with van der Waals surface area (Å²) in [6.45, 7) is 2.62. The number of rotatable bonds is 7. The smallest absolute Gasteiger partial charge is 0.417 e. The monoisotopic (exact) mass is 468 g/mol. The van der Waals surface area contributed by atoms with Gasteiger partial charge >= 0.3 is 6.18 Å². The summed E-state index contributed by atoms with van der Waals surface area (Å²) in [6.07, 6.45) is -2.81. The van der Waals surface area contributed by atoms with Gasteiger partial charge < -0.3 is 24.4 Å². The predicted molar refractivity (Wildman–Crippen MR) is 117 cm³/mol. The molecule has 0 aliphatic carbocycles. The van der Waals surface area contributed by atoms with Gasteiger partial charge in [0.25, 0.3) is 0 Å². The number of carbonyl (C=O) groups excluding carboxylic acids is 1. The summed E-state index contributed by atoms with van der Waals surface area (Å²) >= 11 is 0. The molecule has 33 heavy (non-hydrogen) atoms. The zero-order valence-corrected chi connectivity index (χ0v) is 18.7. The van der Waals surface area contributed by atoms with Crippen LogP contribution in [-0.4, -0.2) is 69.8 Å². The van der Waals surface area contributed by atoms with E-state index in [4.69, 9.17) is 14.2 Å². The maximum absolute atomic E-state index is 12.8. The van der Waals surface area contributed by atoms with Gasteiger partial charge in [-0.15, -0.1) is 0 Å². The van der Waals surface area contributed by atoms with Gasteiger partial charge in [0.1, 0.15) is 5.82 Å². The Bertz CT molecular complexity index is 929. The van der Waals surface area contributed by atoms with Gasteiger partial charge in [-0.25, -0.2) is 4.98 Å². The number of aromatic nitrogens is 1. The number of alkyl halides is 3. The van der Waals surface area contributed by atoms with Crippen LogP contribution in [0.5, 0.6) is 17.2 Å². The highest BCUT2D eigenvalue weighted by molar-refractivity contribution is 5.93. The molecule has 2 aromatic rings. The lowest BCUT2D eigenvalue weighted by Crippen LogP contribution is -2.36. The number of hydrogen-bond donors (Lipinski definition) is 1. The molecule has 2 heterocycles. The first-order valence-electron chi connectivity index (χ1n) is 10.4. The second kappa shape index (κ2) is 10.6. The van der Waals surface area contributed by atoms with E-state index >= 15 is 0 Å². The zero-order valence-electron chi connectivity index (χ0n) is 18.7. The van der Waals surface area contributed by atoms with Crippen molar-refractivity contribution in [2.24, 2.45) is 0 Å². The maximum Gasteiger partial charge on any atom is 0.417 e. The molecule has 1 fully saturated rings. The first kappa shape index (κ1) is 24.4. The van der Waals surface area contributed by atoms with E-state index in [1.54, 1.807) is 12.1 Å². The third kappa shape index (κ3) is 6.19. The lowest BCUT2D eigenvalue weighted by atomic mass is 10.2. The van der Waals surface area contributed by atoms with E-state index in [0.29, 0.717) is 54.9 Å². The number of anilines is 2. The van der Waals surface area contributed by atoms with Crippen molar-refractivity contribution in [3.05, 3.63) is 36.0 Å². The summed E-state index contributed by atoms with van der Waals surface area (Å²) in [5.74, 6) is 1.59. The Hall–Kier alpha value is -3.21. The summed E-state index contributed by atoms with van der Waals surface area (Å²) in [6, 6.07) is 5.73. The van der Waals surface area contributed by atoms with Crippen molar-refractivity contribution >= 4 is 17.4 Å². The van der Waals surface area contributed by atoms with Gasteiger partial charge in [-0.2, -0.15) is 13.2 Å². The molecule has 11 heteroatoms. The quantitative estimate of drug-likeness (QED) is 0.669.